The molecule has 18 heavy (non-hydrogen) atoms. The molecule has 0 saturated carbocycles. The van der Waals surface area contributed by atoms with Crippen LogP contribution in [0.5, 0.6) is 0 Å². The molecule has 0 spiro atoms. The molecule has 1 aliphatic rings. The maximum Gasteiger partial charge on any atom is 0.301 e. The van der Waals surface area contributed by atoms with Gasteiger partial charge in [0.05, 0.1) is 5.69 Å². The molecule has 0 unspecified atom stereocenters. The van der Waals surface area contributed by atoms with E-state index in [2.05, 4.69) is 10.8 Å². The van der Waals surface area contributed by atoms with E-state index in [4.69, 9.17) is 0 Å². The molecule has 3 rings (SSSR count). The van der Waals surface area contributed by atoms with E-state index in [1.165, 1.54) is 9.87 Å². The van der Waals surface area contributed by atoms with Crippen LogP contribution in [-0.4, -0.2) is 25.8 Å². The number of fused-ring (bicyclic) bond motifs is 1. The van der Waals surface area contributed by atoms with Crippen LogP contribution in [0.1, 0.15) is 5.56 Å². The molecule has 1 heterocycles. The Hall–Kier alpha value is -1.59. The van der Waals surface area contributed by atoms with Crippen LogP contribution >= 0.6 is 0 Å². The van der Waals surface area contributed by atoms with Crippen LogP contribution in [-0.2, 0) is 10.2 Å². The number of hydrogen-bond donors (Lipinski definition) is 1. The zero-order chi connectivity index (χ0) is 12.8. The minimum absolute atomic E-state index is 0.609. The fourth-order valence-electron chi connectivity index (χ4n) is 1.92. The predicted molar refractivity (Wildman–Crippen MR) is 72.8 cm³/mol. The van der Waals surface area contributed by atoms with E-state index in [0.29, 0.717) is 18.8 Å². The van der Waals surface area contributed by atoms with E-state index >= 15 is 0 Å². The lowest BCUT2D eigenvalue weighted by Gasteiger charge is -2.09. The summed E-state index contributed by atoms with van der Waals surface area (Å²) in [5.74, 6) is 0. The molecule has 2 aromatic rings. The molecule has 1 N–H and O–H groups in total. The molecule has 1 saturated heterocycles. The smallest absolute Gasteiger partial charge is 0.271 e. The third-order valence-corrected chi connectivity index (χ3v) is 4.53. The van der Waals surface area contributed by atoms with Gasteiger partial charge >= 0.3 is 10.2 Å². The highest BCUT2D eigenvalue weighted by atomic mass is 32.2. The standard InChI is InChI=1S/C13H14N2O2S/c1-10-2-3-12-9-13(5-4-11(12)8-10)14-18(16,17)15-6-7-15/h2-5,8-9,14H,6-7H2,1H3. The van der Waals surface area contributed by atoms with Gasteiger partial charge in [-0.2, -0.15) is 12.7 Å². The van der Waals surface area contributed by atoms with Crippen LogP contribution < -0.4 is 4.72 Å². The Labute approximate surface area is 106 Å². The van der Waals surface area contributed by atoms with E-state index in [-0.39, 0.29) is 0 Å². The van der Waals surface area contributed by atoms with E-state index in [9.17, 15) is 8.42 Å². The maximum atomic E-state index is 11.8. The fourth-order valence-corrected chi connectivity index (χ4v) is 3.04. The van der Waals surface area contributed by atoms with Gasteiger partial charge in [-0.3, -0.25) is 4.72 Å². The molecule has 2 aromatic carbocycles. The average Bonchev–Trinajstić information content (AvgIpc) is 3.13. The van der Waals surface area contributed by atoms with Crippen LogP contribution in [0.4, 0.5) is 5.69 Å². The van der Waals surface area contributed by atoms with Crippen molar-refractivity contribution in [1.29, 1.82) is 0 Å². The Bertz CT molecular complexity index is 706. The number of aryl methyl sites for hydroxylation is 1. The van der Waals surface area contributed by atoms with Gasteiger partial charge < -0.3 is 0 Å². The molecule has 0 radical (unpaired) electrons. The van der Waals surface area contributed by atoms with Crippen molar-refractivity contribution in [3.63, 3.8) is 0 Å². The third-order valence-electron chi connectivity index (χ3n) is 2.99. The second-order valence-corrected chi connectivity index (χ2v) is 6.24. The number of nitrogens with one attached hydrogen (secondary N) is 1. The highest BCUT2D eigenvalue weighted by Crippen LogP contribution is 2.22. The predicted octanol–water partition coefficient (Wildman–Crippen LogP) is 2.12. The quantitative estimate of drug-likeness (QED) is 0.861. The first kappa shape index (κ1) is 11.5. The summed E-state index contributed by atoms with van der Waals surface area (Å²) in [5.41, 5.74) is 1.80. The molecule has 0 aliphatic carbocycles. The lowest BCUT2D eigenvalue weighted by molar-refractivity contribution is 0.569. The van der Waals surface area contributed by atoms with Crippen molar-refractivity contribution in [2.45, 2.75) is 6.92 Å². The first-order valence-corrected chi connectivity index (χ1v) is 7.27. The van der Waals surface area contributed by atoms with Crippen LogP contribution in [0.25, 0.3) is 10.8 Å². The summed E-state index contributed by atoms with van der Waals surface area (Å²) in [6.45, 7) is 3.26. The van der Waals surface area contributed by atoms with E-state index in [1.807, 2.05) is 31.2 Å². The SMILES string of the molecule is Cc1ccc2cc(NS(=O)(=O)N3CC3)ccc2c1. The van der Waals surface area contributed by atoms with Crippen LogP contribution in [0.3, 0.4) is 0 Å². The molecular weight excluding hydrogens is 248 g/mol. The maximum absolute atomic E-state index is 11.8. The van der Waals surface area contributed by atoms with Gasteiger partial charge in [0.25, 0.3) is 0 Å². The van der Waals surface area contributed by atoms with Crippen molar-refractivity contribution in [2.75, 3.05) is 17.8 Å². The number of rotatable bonds is 3. The Morgan fingerprint density at radius 2 is 1.72 bits per heavy atom. The number of benzene rings is 2. The van der Waals surface area contributed by atoms with Gasteiger partial charge in [0.2, 0.25) is 0 Å². The summed E-state index contributed by atoms with van der Waals surface area (Å²) < 4.78 is 27.5. The minimum atomic E-state index is -3.33. The molecule has 1 aliphatic heterocycles. The molecule has 94 valence electrons. The van der Waals surface area contributed by atoms with E-state index in [0.717, 1.165) is 10.8 Å². The largest absolute Gasteiger partial charge is 0.301 e. The van der Waals surface area contributed by atoms with E-state index in [1.54, 1.807) is 6.07 Å². The first-order chi connectivity index (χ1) is 8.54. The Morgan fingerprint density at radius 1 is 1.06 bits per heavy atom. The van der Waals surface area contributed by atoms with Crippen molar-refractivity contribution in [2.24, 2.45) is 0 Å². The Balaban J connectivity index is 1.96. The normalized spacial score (nSPS) is 15.8. The van der Waals surface area contributed by atoms with Gasteiger partial charge in [0.15, 0.2) is 0 Å². The van der Waals surface area contributed by atoms with Crippen LogP contribution in [0, 0.1) is 6.92 Å². The van der Waals surface area contributed by atoms with Gasteiger partial charge in [-0.05, 0) is 29.8 Å². The molecule has 5 heteroatoms. The molecule has 4 nitrogen and oxygen atoms in total. The number of anilines is 1. The topological polar surface area (TPSA) is 49.2 Å². The van der Waals surface area contributed by atoms with Crippen molar-refractivity contribution >= 4 is 26.7 Å². The molecule has 0 bridgehead atoms. The van der Waals surface area contributed by atoms with Gasteiger partial charge in [0.1, 0.15) is 0 Å². The fraction of sp³-hybridized carbons (Fsp3) is 0.231. The summed E-state index contributed by atoms with van der Waals surface area (Å²) in [4.78, 5) is 0. The minimum Gasteiger partial charge on any atom is -0.271 e. The van der Waals surface area contributed by atoms with Crippen LogP contribution in [0.15, 0.2) is 36.4 Å². The summed E-state index contributed by atoms with van der Waals surface area (Å²) in [6.07, 6.45) is 0. The van der Waals surface area contributed by atoms with Gasteiger partial charge in [-0.15, -0.1) is 0 Å². The average molecular weight is 262 g/mol. The zero-order valence-electron chi connectivity index (χ0n) is 10.1. The number of nitrogens with zero attached hydrogens (tertiary/aromatic N) is 1. The molecule has 1 fully saturated rings. The summed E-state index contributed by atoms with van der Waals surface area (Å²) >= 11 is 0. The molecule has 0 atom stereocenters. The molecule has 0 aromatic heterocycles. The van der Waals surface area contributed by atoms with Crippen molar-refractivity contribution < 1.29 is 8.42 Å². The van der Waals surface area contributed by atoms with Crippen LogP contribution in [0.2, 0.25) is 0 Å². The van der Waals surface area contributed by atoms with Crippen molar-refractivity contribution in [3.8, 4) is 0 Å². The lowest BCUT2D eigenvalue weighted by atomic mass is 10.1. The zero-order valence-corrected chi connectivity index (χ0v) is 10.9. The summed E-state index contributed by atoms with van der Waals surface area (Å²) in [7, 11) is -3.33. The number of hydrogen-bond acceptors (Lipinski definition) is 2. The monoisotopic (exact) mass is 262 g/mol. The lowest BCUT2D eigenvalue weighted by Crippen LogP contribution is -2.20. The van der Waals surface area contributed by atoms with E-state index < -0.39 is 10.2 Å². The highest BCUT2D eigenvalue weighted by Gasteiger charge is 2.31. The third kappa shape index (κ3) is 2.19. The highest BCUT2D eigenvalue weighted by molar-refractivity contribution is 7.90. The Morgan fingerprint density at radius 3 is 2.44 bits per heavy atom. The van der Waals surface area contributed by atoms with Gasteiger partial charge in [-0.1, -0.05) is 29.8 Å². The first-order valence-electron chi connectivity index (χ1n) is 5.83. The Kier molecular flexibility index (Phi) is 2.53. The molecule has 0 amide bonds. The van der Waals surface area contributed by atoms with Gasteiger partial charge in [0, 0.05) is 13.1 Å². The van der Waals surface area contributed by atoms with Crippen molar-refractivity contribution in [1.82, 2.24) is 4.31 Å². The molecular formula is C13H14N2O2S. The summed E-state index contributed by atoms with van der Waals surface area (Å²) in [5, 5.41) is 2.15. The summed E-state index contributed by atoms with van der Waals surface area (Å²) in [6, 6.07) is 11.7. The van der Waals surface area contributed by atoms with Gasteiger partial charge in [-0.25, -0.2) is 0 Å². The second kappa shape index (κ2) is 3.96. The second-order valence-electron chi connectivity index (χ2n) is 4.57. The van der Waals surface area contributed by atoms with Crippen molar-refractivity contribution in [3.05, 3.63) is 42.0 Å².